The number of nitrogens with two attached hydrogens (primary N) is 1. The highest BCUT2D eigenvalue weighted by atomic mass is 15.3. The number of pyridine rings is 1. The smallest absolute Gasteiger partial charge is 0.243 e. The van der Waals surface area contributed by atoms with Gasteiger partial charge in [-0.25, -0.2) is 4.52 Å². The molecule has 16 heavy (non-hydrogen) atoms. The lowest BCUT2D eigenvalue weighted by molar-refractivity contribution is 0.265. The molecule has 5 heteroatoms. The van der Waals surface area contributed by atoms with Crippen LogP contribution in [0.25, 0.3) is 5.65 Å². The van der Waals surface area contributed by atoms with E-state index in [1.807, 2.05) is 24.4 Å². The van der Waals surface area contributed by atoms with E-state index in [2.05, 4.69) is 15.4 Å². The number of aromatic nitrogens is 3. The van der Waals surface area contributed by atoms with Gasteiger partial charge in [0.05, 0.1) is 0 Å². The molecule has 84 valence electrons. The minimum absolute atomic E-state index is 0.0442. The summed E-state index contributed by atoms with van der Waals surface area (Å²) in [6.07, 6.45) is 5.30. The highest BCUT2D eigenvalue weighted by molar-refractivity contribution is 5.43. The molecule has 0 aromatic carbocycles. The molecule has 0 spiro atoms. The summed E-state index contributed by atoms with van der Waals surface area (Å²) in [6.45, 7) is 0.754. The summed E-state index contributed by atoms with van der Waals surface area (Å²) < 4.78 is 1.76. The number of fused-ring (bicyclic) bond motifs is 1. The van der Waals surface area contributed by atoms with E-state index >= 15 is 0 Å². The van der Waals surface area contributed by atoms with Gasteiger partial charge in [-0.2, -0.15) is 4.98 Å². The third-order valence-corrected chi connectivity index (χ3v) is 3.19. The number of hydrogen-bond acceptors (Lipinski definition) is 4. The lowest BCUT2D eigenvalue weighted by atomic mass is 9.78. The van der Waals surface area contributed by atoms with Crippen molar-refractivity contribution in [2.24, 2.45) is 5.73 Å². The number of hydrogen-bond donors (Lipinski definition) is 2. The van der Waals surface area contributed by atoms with E-state index in [4.69, 9.17) is 5.73 Å². The summed E-state index contributed by atoms with van der Waals surface area (Å²) in [4.78, 5) is 4.36. The number of nitrogens with one attached hydrogen (secondary N) is 1. The largest absolute Gasteiger partial charge is 0.351 e. The van der Waals surface area contributed by atoms with Crippen LogP contribution in [0.15, 0.2) is 24.4 Å². The molecule has 1 aliphatic carbocycles. The first-order chi connectivity index (χ1) is 7.75. The van der Waals surface area contributed by atoms with Gasteiger partial charge in [-0.3, -0.25) is 0 Å². The lowest BCUT2D eigenvalue weighted by Gasteiger charge is -2.37. The molecule has 3 N–H and O–H groups in total. The SMILES string of the molecule is NC1(CNc2nc3ccccn3n2)CCC1. The fourth-order valence-electron chi connectivity index (χ4n) is 1.97. The summed E-state index contributed by atoms with van der Waals surface area (Å²) in [5.74, 6) is 0.655. The Balaban J connectivity index is 1.74. The van der Waals surface area contributed by atoms with Gasteiger partial charge in [-0.1, -0.05) is 6.07 Å². The molecule has 0 saturated heterocycles. The molecule has 1 fully saturated rings. The second-order valence-corrected chi connectivity index (χ2v) is 4.51. The van der Waals surface area contributed by atoms with Gasteiger partial charge in [-0.05, 0) is 31.4 Å². The summed E-state index contributed by atoms with van der Waals surface area (Å²) in [5.41, 5.74) is 6.93. The van der Waals surface area contributed by atoms with Crippen LogP contribution in [-0.4, -0.2) is 26.7 Å². The molecule has 0 aliphatic heterocycles. The highest BCUT2D eigenvalue weighted by Crippen LogP contribution is 2.28. The number of rotatable bonds is 3. The minimum atomic E-state index is -0.0442. The zero-order valence-electron chi connectivity index (χ0n) is 9.06. The van der Waals surface area contributed by atoms with Gasteiger partial charge in [-0.15, -0.1) is 5.10 Å². The van der Waals surface area contributed by atoms with Crippen LogP contribution in [0.3, 0.4) is 0 Å². The average molecular weight is 217 g/mol. The van der Waals surface area contributed by atoms with Gasteiger partial charge < -0.3 is 11.1 Å². The fraction of sp³-hybridized carbons (Fsp3) is 0.455. The third kappa shape index (κ3) is 1.63. The van der Waals surface area contributed by atoms with E-state index in [1.54, 1.807) is 4.52 Å². The Morgan fingerprint density at radius 3 is 3.00 bits per heavy atom. The molecule has 0 unspecified atom stereocenters. The molecule has 0 atom stereocenters. The highest BCUT2D eigenvalue weighted by Gasteiger charge is 2.32. The van der Waals surface area contributed by atoms with Crippen molar-refractivity contribution in [3.63, 3.8) is 0 Å². The maximum absolute atomic E-state index is 6.12. The molecule has 3 rings (SSSR count). The molecular weight excluding hydrogens is 202 g/mol. The van der Waals surface area contributed by atoms with Gasteiger partial charge in [0.15, 0.2) is 5.65 Å². The first-order valence-corrected chi connectivity index (χ1v) is 5.59. The van der Waals surface area contributed by atoms with E-state index in [0.29, 0.717) is 5.95 Å². The van der Waals surface area contributed by atoms with Crippen LogP contribution >= 0.6 is 0 Å². The Bertz CT molecular complexity index is 467. The Morgan fingerprint density at radius 2 is 2.31 bits per heavy atom. The number of anilines is 1. The second kappa shape index (κ2) is 3.45. The van der Waals surface area contributed by atoms with Gasteiger partial charge in [0.1, 0.15) is 0 Å². The molecule has 2 aromatic heterocycles. The molecule has 1 aliphatic rings. The molecule has 0 radical (unpaired) electrons. The Labute approximate surface area is 93.7 Å². The molecule has 2 aromatic rings. The summed E-state index contributed by atoms with van der Waals surface area (Å²) in [7, 11) is 0. The zero-order valence-corrected chi connectivity index (χ0v) is 9.06. The van der Waals surface area contributed by atoms with Crippen molar-refractivity contribution in [3.05, 3.63) is 24.4 Å². The van der Waals surface area contributed by atoms with Gasteiger partial charge in [0.2, 0.25) is 5.95 Å². The number of nitrogens with zero attached hydrogens (tertiary/aromatic N) is 3. The van der Waals surface area contributed by atoms with E-state index in [-0.39, 0.29) is 5.54 Å². The van der Waals surface area contributed by atoms with Crippen molar-refractivity contribution in [3.8, 4) is 0 Å². The van der Waals surface area contributed by atoms with Gasteiger partial charge in [0, 0.05) is 18.3 Å². The van der Waals surface area contributed by atoms with Crippen molar-refractivity contribution in [1.29, 1.82) is 0 Å². The summed E-state index contributed by atoms with van der Waals surface area (Å²) >= 11 is 0. The topological polar surface area (TPSA) is 68.2 Å². The Morgan fingerprint density at radius 1 is 1.44 bits per heavy atom. The van der Waals surface area contributed by atoms with Gasteiger partial charge >= 0.3 is 0 Å². The molecule has 2 heterocycles. The van der Waals surface area contributed by atoms with E-state index in [0.717, 1.165) is 25.0 Å². The maximum Gasteiger partial charge on any atom is 0.243 e. The van der Waals surface area contributed by atoms with Crippen LogP contribution in [0.4, 0.5) is 5.95 Å². The van der Waals surface area contributed by atoms with Crippen LogP contribution < -0.4 is 11.1 Å². The molecular formula is C11H15N5. The normalized spacial score (nSPS) is 18.3. The van der Waals surface area contributed by atoms with Crippen molar-refractivity contribution < 1.29 is 0 Å². The first kappa shape index (κ1) is 9.59. The van der Waals surface area contributed by atoms with E-state index < -0.39 is 0 Å². The molecule has 1 saturated carbocycles. The maximum atomic E-state index is 6.12. The zero-order chi connectivity index (χ0) is 11.0. The van der Waals surface area contributed by atoms with Gasteiger partial charge in [0.25, 0.3) is 0 Å². The summed E-state index contributed by atoms with van der Waals surface area (Å²) in [5, 5.41) is 7.52. The van der Waals surface area contributed by atoms with Crippen LogP contribution in [0.1, 0.15) is 19.3 Å². The standard InChI is InChI=1S/C11H15N5/c12-11(5-3-6-11)8-13-10-14-9-4-1-2-7-16(9)15-10/h1-2,4,7H,3,5-6,8,12H2,(H,13,15). The summed E-state index contributed by atoms with van der Waals surface area (Å²) in [6, 6.07) is 5.81. The van der Waals surface area contributed by atoms with Crippen molar-refractivity contribution in [2.45, 2.75) is 24.8 Å². The fourth-order valence-corrected chi connectivity index (χ4v) is 1.97. The first-order valence-electron chi connectivity index (χ1n) is 5.59. The predicted molar refractivity (Wildman–Crippen MR) is 62.2 cm³/mol. The van der Waals surface area contributed by atoms with E-state index in [1.165, 1.54) is 6.42 Å². The van der Waals surface area contributed by atoms with Crippen LogP contribution in [-0.2, 0) is 0 Å². The van der Waals surface area contributed by atoms with Crippen molar-refractivity contribution in [2.75, 3.05) is 11.9 Å². The van der Waals surface area contributed by atoms with E-state index in [9.17, 15) is 0 Å². The van der Waals surface area contributed by atoms with Crippen molar-refractivity contribution >= 4 is 11.6 Å². The molecule has 5 nitrogen and oxygen atoms in total. The van der Waals surface area contributed by atoms with Crippen LogP contribution in [0.2, 0.25) is 0 Å². The molecule has 0 amide bonds. The Hall–Kier alpha value is -1.62. The average Bonchev–Trinajstić information content (AvgIpc) is 2.66. The second-order valence-electron chi connectivity index (χ2n) is 4.51. The minimum Gasteiger partial charge on any atom is -0.351 e. The van der Waals surface area contributed by atoms with Crippen LogP contribution in [0.5, 0.6) is 0 Å². The molecule has 0 bridgehead atoms. The lowest BCUT2D eigenvalue weighted by Crippen LogP contribution is -2.52. The quantitative estimate of drug-likeness (QED) is 0.805. The Kier molecular flexibility index (Phi) is 2.07. The monoisotopic (exact) mass is 217 g/mol. The van der Waals surface area contributed by atoms with Crippen LogP contribution in [0, 0.1) is 0 Å². The van der Waals surface area contributed by atoms with Crippen molar-refractivity contribution in [1.82, 2.24) is 14.6 Å². The predicted octanol–water partition coefficient (Wildman–Crippen LogP) is 1.02. The third-order valence-electron chi connectivity index (χ3n) is 3.19.